The summed E-state index contributed by atoms with van der Waals surface area (Å²) >= 11 is 1.34. The molecule has 1 atom stereocenters. The maximum Gasteiger partial charge on any atom is 0.273 e. The molecule has 76 valence electrons. The first-order valence-electron chi connectivity index (χ1n) is 4.42. The highest BCUT2D eigenvalue weighted by Crippen LogP contribution is 2.22. The lowest BCUT2D eigenvalue weighted by molar-refractivity contribution is 0.0895. The van der Waals surface area contributed by atoms with E-state index in [-0.39, 0.29) is 11.7 Å². The van der Waals surface area contributed by atoms with Crippen molar-refractivity contribution in [3.63, 3.8) is 0 Å². The minimum absolute atomic E-state index is 0.0122. The molecule has 1 fully saturated rings. The molecule has 1 aliphatic heterocycles. The fourth-order valence-corrected chi connectivity index (χ4v) is 2.04. The number of aromatic nitrogens is 1. The molecule has 0 N–H and O–H groups in total. The van der Waals surface area contributed by atoms with E-state index in [0.29, 0.717) is 24.1 Å². The monoisotopic (exact) mass is 213 g/mol. The van der Waals surface area contributed by atoms with Crippen molar-refractivity contribution >= 4 is 17.1 Å². The third-order valence-electron chi connectivity index (χ3n) is 2.21. The molecular weight excluding hydrogens is 202 g/mol. The van der Waals surface area contributed by atoms with Gasteiger partial charge in [-0.2, -0.15) is 4.98 Å². The van der Waals surface area contributed by atoms with Crippen LogP contribution in [0, 0.1) is 5.92 Å². The van der Waals surface area contributed by atoms with E-state index < -0.39 is 0 Å². The normalized spacial score (nSPS) is 21.1. The molecule has 0 spiro atoms. The van der Waals surface area contributed by atoms with Gasteiger partial charge in [-0.3, -0.25) is 4.79 Å². The molecule has 0 bridgehead atoms. The number of hydrogen-bond acceptors (Lipinski definition) is 5. The highest BCUT2D eigenvalue weighted by Gasteiger charge is 2.26. The number of ketones is 1. The minimum Gasteiger partial charge on any atom is -0.473 e. The fourth-order valence-electron chi connectivity index (χ4n) is 1.41. The second kappa shape index (κ2) is 4.06. The third kappa shape index (κ3) is 1.78. The van der Waals surface area contributed by atoms with E-state index in [9.17, 15) is 4.79 Å². The Labute approximate surface area is 85.9 Å². The molecule has 0 aliphatic carbocycles. The predicted molar refractivity (Wildman–Crippen MR) is 51.9 cm³/mol. The molecule has 2 heterocycles. The summed E-state index contributed by atoms with van der Waals surface area (Å²) in [4.78, 5) is 15.8. The summed E-state index contributed by atoms with van der Waals surface area (Å²) in [6.07, 6.45) is 0.804. The van der Waals surface area contributed by atoms with Crippen LogP contribution in [0.2, 0.25) is 0 Å². The summed E-state index contributed by atoms with van der Waals surface area (Å²) in [5.41, 5.74) is 0.502. The lowest BCUT2D eigenvalue weighted by Crippen LogP contribution is -2.14. The predicted octanol–water partition coefficient (Wildman–Crippen LogP) is 1.37. The highest BCUT2D eigenvalue weighted by molar-refractivity contribution is 7.11. The van der Waals surface area contributed by atoms with Crippen LogP contribution in [0.1, 0.15) is 16.9 Å². The molecule has 1 aromatic heterocycles. The van der Waals surface area contributed by atoms with Gasteiger partial charge in [0.05, 0.1) is 13.7 Å². The Bertz CT molecular complexity index is 331. The standard InChI is InChI=1S/C9H11NO3S/c1-12-9-10-7(5-14-9)8(11)6-2-3-13-4-6/h5-6H,2-4H2,1H3. The van der Waals surface area contributed by atoms with E-state index in [1.165, 1.54) is 11.3 Å². The van der Waals surface area contributed by atoms with Crippen molar-refractivity contribution < 1.29 is 14.3 Å². The number of Topliss-reactive ketones (excluding diaryl/α,β-unsaturated/α-hetero) is 1. The largest absolute Gasteiger partial charge is 0.473 e. The first-order chi connectivity index (χ1) is 6.81. The quantitative estimate of drug-likeness (QED) is 0.711. The van der Waals surface area contributed by atoms with Gasteiger partial charge >= 0.3 is 0 Å². The number of ether oxygens (including phenoxy) is 2. The number of methoxy groups -OCH3 is 1. The van der Waals surface area contributed by atoms with Crippen LogP contribution in [-0.4, -0.2) is 31.1 Å². The van der Waals surface area contributed by atoms with Gasteiger partial charge in [-0.05, 0) is 6.42 Å². The third-order valence-corrected chi connectivity index (χ3v) is 3.01. The van der Waals surface area contributed by atoms with E-state index in [0.717, 1.165) is 6.42 Å². The van der Waals surface area contributed by atoms with Gasteiger partial charge in [0.2, 0.25) is 0 Å². The summed E-state index contributed by atoms with van der Waals surface area (Å²) in [7, 11) is 1.55. The molecule has 1 aliphatic rings. The smallest absolute Gasteiger partial charge is 0.273 e. The van der Waals surface area contributed by atoms with E-state index in [4.69, 9.17) is 9.47 Å². The lowest BCUT2D eigenvalue weighted by atomic mass is 10.0. The van der Waals surface area contributed by atoms with Crippen LogP contribution in [0.15, 0.2) is 5.38 Å². The van der Waals surface area contributed by atoms with E-state index in [2.05, 4.69) is 4.98 Å². The average Bonchev–Trinajstić information content (AvgIpc) is 2.88. The van der Waals surface area contributed by atoms with Crippen molar-refractivity contribution in [2.24, 2.45) is 5.92 Å². The van der Waals surface area contributed by atoms with Gasteiger partial charge in [-0.25, -0.2) is 0 Å². The van der Waals surface area contributed by atoms with Crippen LogP contribution < -0.4 is 4.74 Å². The maximum absolute atomic E-state index is 11.8. The van der Waals surface area contributed by atoms with Crippen LogP contribution >= 0.6 is 11.3 Å². The van der Waals surface area contributed by atoms with Gasteiger partial charge in [0, 0.05) is 17.9 Å². The number of rotatable bonds is 3. The molecule has 5 heteroatoms. The highest BCUT2D eigenvalue weighted by atomic mass is 32.1. The Balaban J connectivity index is 2.09. The summed E-state index contributed by atoms with van der Waals surface area (Å²) in [5, 5.41) is 2.27. The zero-order chi connectivity index (χ0) is 9.97. The molecule has 1 unspecified atom stereocenters. The van der Waals surface area contributed by atoms with Crippen molar-refractivity contribution in [3.8, 4) is 5.19 Å². The summed E-state index contributed by atoms with van der Waals surface area (Å²) in [6.45, 7) is 1.20. The maximum atomic E-state index is 11.8. The van der Waals surface area contributed by atoms with Crippen molar-refractivity contribution in [2.75, 3.05) is 20.3 Å². The zero-order valence-electron chi connectivity index (χ0n) is 7.86. The molecule has 1 aromatic rings. The van der Waals surface area contributed by atoms with E-state index in [1.807, 2.05) is 0 Å². The van der Waals surface area contributed by atoms with E-state index >= 15 is 0 Å². The van der Waals surface area contributed by atoms with Crippen LogP contribution in [-0.2, 0) is 4.74 Å². The Morgan fingerprint density at radius 2 is 2.64 bits per heavy atom. The molecular formula is C9H11NO3S. The molecule has 0 radical (unpaired) electrons. The lowest BCUT2D eigenvalue weighted by Gasteiger charge is -2.01. The number of carbonyl (C=O) groups is 1. The second-order valence-corrected chi connectivity index (χ2v) is 3.95. The summed E-state index contributed by atoms with van der Waals surface area (Å²) in [6, 6.07) is 0. The molecule has 0 saturated carbocycles. The molecule has 0 aromatic carbocycles. The Hall–Kier alpha value is -0.940. The first kappa shape index (κ1) is 9.61. The van der Waals surface area contributed by atoms with Gasteiger partial charge in [-0.1, -0.05) is 11.3 Å². The summed E-state index contributed by atoms with van der Waals surface area (Å²) < 4.78 is 10.1. The minimum atomic E-state index is -0.0122. The topological polar surface area (TPSA) is 48.4 Å². The van der Waals surface area contributed by atoms with Gasteiger partial charge in [0.25, 0.3) is 5.19 Å². The van der Waals surface area contributed by atoms with Crippen molar-refractivity contribution in [1.29, 1.82) is 0 Å². The number of thiazole rings is 1. The van der Waals surface area contributed by atoms with Gasteiger partial charge in [-0.15, -0.1) is 0 Å². The van der Waals surface area contributed by atoms with Crippen LogP contribution in [0.3, 0.4) is 0 Å². The Morgan fingerprint density at radius 3 is 3.21 bits per heavy atom. The number of hydrogen-bond donors (Lipinski definition) is 0. The van der Waals surface area contributed by atoms with Crippen molar-refractivity contribution in [3.05, 3.63) is 11.1 Å². The molecule has 2 rings (SSSR count). The molecule has 0 amide bonds. The number of carbonyl (C=O) groups excluding carboxylic acids is 1. The second-order valence-electron chi connectivity index (χ2n) is 3.13. The molecule has 4 nitrogen and oxygen atoms in total. The molecule has 1 saturated heterocycles. The average molecular weight is 213 g/mol. The van der Waals surface area contributed by atoms with Gasteiger partial charge in [0.1, 0.15) is 5.69 Å². The first-order valence-corrected chi connectivity index (χ1v) is 5.30. The fraction of sp³-hybridized carbons (Fsp3) is 0.556. The number of nitrogens with zero attached hydrogens (tertiary/aromatic N) is 1. The van der Waals surface area contributed by atoms with Crippen molar-refractivity contribution in [1.82, 2.24) is 4.98 Å². The molecule has 14 heavy (non-hydrogen) atoms. The Morgan fingerprint density at radius 1 is 1.79 bits per heavy atom. The van der Waals surface area contributed by atoms with Crippen LogP contribution in [0.5, 0.6) is 5.19 Å². The SMILES string of the molecule is COc1nc(C(=O)C2CCOC2)cs1. The zero-order valence-corrected chi connectivity index (χ0v) is 8.67. The van der Waals surface area contributed by atoms with Crippen LogP contribution in [0.4, 0.5) is 0 Å². The van der Waals surface area contributed by atoms with E-state index in [1.54, 1.807) is 12.5 Å². The van der Waals surface area contributed by atoms with Crippen LogP contribution in [0.25, 0.3) is 0 Å². The van der Waals surface area contributed by atoms with Gasteiger partial charge in [0.15, 0.2) is 5.78 Å². The van der Waals surface area contributed by atoms with Gasteiger partial charge < -0.3 is 9.47 Å². The summed E-state index contributed by atoms with van der Waals surface area (Å²) in [5.74, 6) is 0.0591. The Kier molecular flexibility index (Phi) is 2.79. The van der Waals surface area contributed by atoms with Crippen molar-refractivity contribution in [2.45, 2.75) is 6.42 Å².